The van der Waals surface area contributed by atoms with E-state index in [-0.39, 0.29) is 11.8 Å². The second kappa shape index (κ2) is 8.22. The SMILES string of the molecule is Cc1cc(C)c2c(CC(=O)N3CCC[C@@H](c4nc(-c5cccnc5)no4)C3)c(C)[nH]c2c1. The van der Waals surface area contributed by atoms with Gasteiger partial charge in [-0.1, -0.05) is 11.2 Å². The Morgan fingerprint density at radius 3 is 2.97 bits per heavy atom. The molecule has 1 aliphatic heterocycles. The summed E-state index contributed by atoms with van der Waals surface area (Å²) >= 11 is 0. The molecule has 1 aromatic carbocycles. The summed E-state index contributed by atoms with van der Waals surface area (Å²) in [6.45, 7) is 7.63. The Hall–Kier alpha value is -3.48. The number of carbonyl (C=O) groups is 1. The molecular weight excluding hydrogens is 402 g/mol. The van der Waals surface area contributed by atoms with Crippen LogP contribution in [0.5, 0.6) is 0 Å². The second-order valence-electron chi connectivity index (χ2n) is 8.79. The second-order valence-corrected chi connectivity index (χ2v) is 8.79. The van der Waals surface area contributed by atoms with Crippen molar-refractivity contribution in [2.45, 2.75) is 46.0 Å². The summed E-state index contributed by atoms with van der Waals surface area (Å²) in [7, 11) is 0. The van der Waals surface area contributed by atoms with Crippen LogP contribution in [-0.2, 0) is 11.2 Å². The number of carbonyl (C=O) groups excluding carboxylic acids is 1. The third kappa shape index (κ3) is 3.79. The minimum absolute atomic E-state index is 0.0547. The molecule has 1 aliphatic rings. The third-order valence-electron chi connectivity index (χ3n) is 6.37. The van der Waals surface area contributed by atoms with E-state index < -0.39 is 0 Å². The first kappa shape index (κ1) is 20.4. The Kier molecular flexibility index (Phi) is 5.25. The molecule has 1 fully saturated rings. The van der Waals surface area contributed by atoms with Crippen LogP contribution in [0.4, 0.5) is 0 Å². The lowest BCUT2D eigenvalue weighted by atomic mass is 9.96. The summed E-state index contributed by atoms with van der Waals surface area (Å²) in [5, 5.41) is 5.30. The first-order valence-corrected chi connectivity index (χ1v) is 11.1. The molecule has 164 valence electrons. The zero-order valence-corrected chi connectivity index (χ0v) is 18.7. The molecule has 0 unspecified atom stereocenters. The number of benzene rings is 1. The number of rotatable bonds is 4. The van der Waals surface area contributed by atoms with Crippen molar-refractivity contribution in [2.75, 3.05) is 13.1 Å². The number of likely N-dealkylation sites (tertiary alicyclic amines) is 1. The Morgan fingerprint density at radius 2 is 2.16 bits per heavy atom. The monoisotopic (exact) mass is 429 g/mol. The zero-order chi connectivity index (χ0) is 22.2. The van der Waals surface area contributed by atoms with Crippen LogP contribution in [-0.4, -0.2) is 44.0 Å². The van der Waals surface area contributed by atoms with Crippen molar-refractivity contribution >= 4 is 16.8 Å². The lowest BCUT2D eigenvalue weighted by molar-refractivity contribution is -0.131. The van der Waals surface area contributed by atoms with Gasteiger partial charge in [-0.25, -0.2) is 0 Å². The maximum Gasteiger partial charge on any atom is 0.231 e. The van der Waals surface area contributed by atoms with Gasteiger partial charge in [0.05, 0.1) is 12.3 Å². The minimum Gasteiger partial charge on any atom is -0.358 e. The Morgan fingerprint density at radius 1 is 1.28 bits per heavy atom. The van der Waals surface area contributed by atoms with E-state index in [2.05, 4.69) is 53.0 Å². The number of aryl methyl sites for hydroxylation is 3. The summed E-state index contributed by atoms with van der Waals surface area (Å²) in [6, 6.07) is 8.08. The van der Waals surface area contributed by atoms with Gasteiger partial charge in [0, 0.05) is 47.6 Å². The van der Waals surface area contributed by atoms with Gasteiger partial charge in [-0.3, -0.25) is 9.78 Å². The van der Waals surface area contributed by atoms with Crippen LogP contribution < -0.4 is 0 Å². The fourth-order valence-corrected chi connectivity index (χ4v) is 4.83. The van der Waals surface area contributed by atoms with Crippen molar-refractivity contribution in [3.63, 3.8) is 0 Å². The third-order valence-corrected chi connectivity index (χ3v) is 6.37. The number of nitrogens with zero attached hydrogens (tertiary/aromatic N) is 4. The van der Waals surface area contributed by atoms with E-state index >= 15 is 0 Å². The molecule has 7 heteroatoms. The molecule has 1 saturated heterocycles. The first-order valence-electron chi connectivity index (χ1n) is 11.1. The average molecular weight is 430 g/mol. The first-order chi connectivity index (χ1) is 15.5. The highest BCUT2D eigenvalue weighted by atomic mass is 16.5. The van der Waals surface area contributed by atoms with Crippen molar-refractivity contribution in [3.8, 4) is 11.4 Å². The van der Waals surface area contributed by atoms with Gasteiger partial charge in [-0.15, -0.1) is 0 Å². The molecule has 1 amide bonds. The maximum absolute atomic E-state index is 13.3. The highest BCUT2D eigenvalue weighted by molar-refractivity contribution is 5.92. The number of hydrogen-bond donors (Lipinski definition) is 1. The van der Waals surface area contributed by atoms with E-state index in [1.807, 2.05) is 17.0 Å². The number of piperidine rings is 1. The Labute approximate surface area is 186 Å². The van der Waals surface area contributed by atoms with E-state index in [4.69, 9.17) is 4.52 Å². The molecule has 7 nitrogen and oxygen atoms in total. The normalized spacial score (nSPS) is 16.6. The minimum atomic E-state index is 0.0547. The standard InChI is InChI=1S/C25H27N5O2/c1-15-10-16(2)23-20(17(3)27-21(23)11-15)12-22(31)30-9-5-7-19(14-30)25-28-24(29-32-25)18-6-4-8-26-13-18/h4,6,8,10-11,13,19,27H,5,7,9,12,14H2,1-3H3/t19-/m1/s1. The molecule has 4 heterocycles. The van der Waals surface area contributed by atoms with Gasteiger partial charge in [-0.05, 0) is 68.5 Å². The Bertz CT molecular complexity index is 1270. The van der Waals surface area contributed by atoms with Crippen LogP contribution in [0.15, 0.2) is 41.2 Å². The van der Waals surface area contributed by atoms with Gasteiger partial charge in [0.1, 0.15) is 0 Å². The fourth-order valence-electron chi connectivity index (χ4n) is 4.83. The van der Waals surface area contributed by atoms with Gasteiger partial charge in [0.25, 0.3) is 0 Å². The molecule has 0 bridgehead atoms. The van der Waals surface area contributed by atoms with Crippen molar-refractivity contribution in [2.24, 2.45) is 0 Å². The summed E-state index contributed by atoms with van der Waals surface area (Å²) < 4.78 is 5.56. The van der Waals surface area contributed by atoms with Gasteiger partial charge >= 0.3 is 0 Å². The van der Waals surface area contributed by atoms with Crippen molar-refractivity contribution in [3.05, 3.63) is 64.9 Å². The molecule has 32 heavy (non-hydrogen) atoms. The summed E-state index contributed by atoms with van der Waals surface area (Å²) in [5.41, 5.74) is 6.52. The number of amides is 1. The highest BCUT2D eigenvalue weighted by Gasteiger charge is 2.29. The van der Waals surface area contributed by atoms with E-state index in [0.717, 1.165) is 41.7 Å². The smallest absolute Gasteiger partial charge is 0.231 e. The largest absolute Gasteiger partial charge is 0.358 e. The number of aromatic amines is 1. The summed E-state index contributed by atoms with van der Waals surface area (Å²) in [5.74, 6) is 1.33. The number of nitrogens with one attached hydrogen (secondary N) is 1. The van der Waals surface area contributed by atoms with Crippen molar-refractivity contribution in [1.82, 2.24) is 25.0 Å². The number of H-pyrrole nitrogens is 1. The molecule has 1 N–H and O–H groups in total. The zero-order valence-electron chi connectivity index (χ0n) is 18.7. The molecule has 0 saturated carbocycles. The number of pyridine rings is 1. The highest BCUT2D eigenvalue weighted by Crippen LogP contribution is 2.30. The molecule has 0 aliphatic carbocycles. The van der Waals surface area contributed by atoms with Crippen LogP contribution in [0.1, 0.15) is 47.0 Å². The summed E-state index contributed by atoms with van der Waals surface area (Å²) in [4.78, 5) is 27.4. The number of hydrogen-bond acceptors (Lipinski definition) is 5. The van der Waals surface area contributed by atoms with E-state index in [1.54, 1.807) is 12.4 Å². The Balaban J connectivity index is 1.33. The van der Waals surface area contributed by atoms with E-state index in [9.17, 15) is 4.79 Å². The predicted octanol–water partition coefficient (Wildman–Crippen LogP) is 4.49. The fraction of sp³-hybridized carbons (Fsp3) is 0.360. The van der Waals surface area contributed by atoms with Gasteiger partial charge < -0.3 is 14.4 Å². The van der Waals surface area contributed by atoms with Crippen LogP contribution >= 0.6 is 0 Å². The summed E-state index contributed by atoms with van der Waals surface area (Å²) in [6.07, 6.45) is 5.69. The van der Waals surface area contributed by atoms with Gasteiger partial charge in [0.15, 0.2) is 0 Å². The molecule has 0 spiro atoms. The topological polar surface area (TPSA) is 87.9 Å². The molecule has 3 aromatic heterocycles. The average Bonchev–Trinajstić information content (AvgIpc) is 3.40. The van der Waals surface area contributed by atoms with E-state index in [0.29, 0.717) is 24.7 Å². The van der Waals surface area contributed by atoms with E-state index in [1.165, 1.54) is 16.5 Å². The van der Waals surface area contributed by atoms with Crippen LogP contribution in [0.3, 0.4) is 0 Å². The quantitative estimate of drug-likeness (QED) is 0.516. The van der Waals surface area contributed by atoms with Crippen LogP contribution in [0, 0.1) is 20.8 Å². The lowest BCUT2D eigenvalue weighted by Gasteiger charge is -2.31. The predicted molar refractivity (Wildman–Crippen MR) is 122 cm³/mol. The van der Waals surface area contributed by atoms with Crippen LogP contribution in [0.2, 0.25) is 0 Å². The molecule has 5 rings (SSSR count). The van der Waals surface area contributed by atoms with Crippen molar-refractivity contribution in [1.29, 1.82) is 0 Å². The molecule has 0 radical (unpaired) electrons. The lowest BCUT2D eigenvalue weighted by Crippen LogP contribution is -2.40. The van der Waals surface area contributed by atoms with Crippen LogP contribution in [0.25, 0.3) is 22.3 Å². The number of aromatic nitrogens is 4. The molecular formula is C25H27N5O2. The van der Waals surface area contributed by atoms with Gasteiger partial charge in [-0.2, -0.15) is 4.98 Å². The van der Waals surface area contributed by atoms with Gasteiger partial charge in [0.2, 0.25) is 17.6 Å². The number of fused-ring (bicyclic) bond motifs is 1. The molecule has 1 atom stereocenters. The maximum atomic E-state index is 13.3. The van der Waals surface area contributed by atoms with Crippen molar-refractivity contribution < 1.29 is 9.32 Å². The molecule has 4 aromatic rings.